The van der Waals surface area contributed by atoms with Crippen LogP contribution in [0.2, 0.25) is 0 Å². The Kier molecular flexibility index (Phi) is 4.76. The molecular formula is C11H14BrNO3. The van der Waals surface area contributed by atoms with Gasteiger partial charge in [-0.3, -0.25) is 4.79 Å². The topological polar surface area (TPSA) is 72.5 Å². The smallest absolute Gasteiger partial charge is 0.305 e. The maximum atomic E-state index is 11.0. The van der Waals surface area contributed by atoms with Crippen LogP contribution in [0.3, 0.4) is 0 Å². The van der Waals surface area contributed by atoms with Crippen molar-refractivity contribution >= 4 is 21.9 Å². The van der Waals surface area contributed by atoms with Gasteiger partial charge in [-0.05, 0) is 34.0 Å². The summed E-state index contributed by atoms with van der Waals surface area (Å²) < 4.78 is 5.11. The Balaban J connectivity index is 2.69. The Morgan fingerprint density at radius 1 is 1.62 bits per heavy atom. The van der Waals surface area contributed by atoms with Crippen molar-refractivity contribution in [1.29, 1.82) is 0 Å². The number of esters is 1. The second kappa shape index (κ2) is 5.86. The van der Waals surface area contributed by atoms with Crippen molar-refractivity contribution < 1.29 is 14.6 Å². The van der Waals surface area contributed by atoms with Crippen LogP contribution >= 0.6 is 15.9 Å². The highest BCUT2D eigenvalue weighted by Gasteiger charge is 2.13. The summed E-state index contributed by atoms with van der Waals surface area (Å²) in [5.74, 6) is -0.141. The molecule has 1 atom stereocenters. The number of nitrogens with two attached hydrogens (primary N) is 1. The second-order valence-electron chi connectivity index (χ2n) is 3.40. The largest absolute Gasteiger partial charge is 0.507 e. The zero-order valence-electron chi connectivity index (χ0n) is 8.94. The Bertz CT molecular complexity index is 381. The molecule has 0 amide bonds. The molecule has 1 aromatic rings. The number of halogens is 1. The van der Waals surface area contributed by atoms with E-state index in [1.165, 1.54) is 7.11 Å². The van der Waals surface area contributed by atoms with Crippen molar-refractivity contribution in [2.45, 2.75) is 18.9 Å². The number of rotatable bonds is 4. The van der Waals surface area contributed by atoms with Crippen molar-refractivity contribution in [3.8, 4) is 5.75 Å². The lowest BCUT2D eigenvalue weighted by atomic mass is 10.0. The molecular weight excluding hydrogens is 274 g/mol. The highest BCUT2D eigenvalue weighted by Crippen LogP contribution is 2.31. The van der Waals surface area contributed by atoms with Crippen molar-refractivity contribution in [3.63, 3.8) is 0 Å². The van der Waals surface area contributed by atoms with Gasteiger partial charge in [0.15, 0.2) is 0 Å². The molecule has 1 rings (SSSR count). The van der Waals surface area contributed by atoms with Gasteiger partial charge in [-0.25, -0.2) is 0 Å². The molecule has 88 valence electrons. The Labute approximate surface area is 103 Å². The van der Waals surface area contributed by atoms with Gasteiger partial charge >= 0.3 is 5.97 Å². The zero-order chi connectivity index (χ0) is 12.1. The average Bonchev–Trinajstić information content (AvgIpc) is 2.29. The number of phenolic OH excluding ortho intramolecular Hbond substituents is 1. The minimum atomic E-state index is -0.305. The molecule has 0 saturated heterocycles. The quantitative estimate of drug-likeness (QED) is 0.832. The molecule has 0 fully saturated rings. The van der Waals surface area contributed by atoms with Crippen LogP contribution in [0.25, 0.3) is 0 Å². The molecule has 0 saturated carbocycles. The number of ether oxygens (including phenoxy) is 1. The second-order valence-corrected chi connectivity index (χ2v) is 4.19. The number of carbonyl (C=O) groups excluding carboxylic acids is 1. The van der Waals surface area contributed by atoms with Gasteiger partial charge in [-0.15, -0.1) is 0 Å². The van der Waals surface area contributed by atoms with Crippen molar-refractivity contribution in [2.24, 2.45) is 5.73 Å². The van der Waals surface area contributed by atoms with Gasteiger partial charge in [0.25, 0.3) is 0 Å². The third kappa shape index (κ3) is 3.21. The minimum absolute atomic E-state index is 0.144. The molecule has 0 aliphatic heterocycles. The van der Waals surface area contributed by atoms with E-state index in [4.69, 9.17) is 5.73 Å². The standard InChI is InChI=1S/C11H14BrNO3/c1-16-10(15)6-5-8(13)7-3-2-4-9(14)11(7)12/h2-4,8,14H,5-6,13H2,1H3. The van der Waals surface area contributed by atoms with Gasteiger partial charge in [0, 0.05) is 12.5 Å². The first-order chi connectivity index (χ1) is 7.56. The minimum Gasteiger partial charge on any atom is -0.507 e. The number of hydrogen-bond donors (Lipinski definition) is 2. The molecule has 0 aliphatic carbocycles. The molecule has 0 aliphatic rings. The zero-order valence-corrected chi connectivity index (χ0v) is 10.5. The summed E-state index contributed by atoms with van der Waals surface area (Å²) in [6.07, 6.45) is 0.745. The number of aromatic hydroxyl groups is 1. The summed E-state index contributed by atoms with van der Waals surface area (Å²) in [4.78, 5) is 11.0. The highest BCUT2D eigenvalue weighted by molar-refractivity contribution is 9.10. The molecule has 3 N–H and O–H groups in total. The van der Waals surface area contributed by atoms with E-state index in [9.17, 15) is 9.90 Å². The molecule has 1 aromatic carbocycles. The summed E-state index contributed by atoms with van der Waals surface area (Å²) >= 11 is 3.26. The molecule has 0 radical (unpaired) electrons. The molecule has 4 nitrogen and oxygen atoms in total. The Morgan fingerprint density at radius 2 is 2.31 bits per heavy atom. The van der Waals surface area contributed by atoms with Crippen LogP contribution in [0, 0.1) is 0 Å². The van der Waals surface area contributed by atoms with E-state index in [0.717, 1.165) is 5.56 Å². The molecule has 16 heavy (non-hydrogen) atoms. The first-order valence-electron chi connectivity index (χ1n) is 4.86. The summed E-state index contributed by atoms with van der Waals surface area (Å²) in [6, 6.07) is 4.79. The molecule has 0 heterocycles. The van der Waals surface area contributed by atoms with Crippen LogP contribution in [-0.2, 0) is 9.53 Å². The molecule has 0 aromatic heterocycles. The van der Waals surface area contributed by atoms with E-state index >= 15 is 0 Å². The SMILES string of the molecule is COC(=O)CCC(N)c1cccc(O)c1Br. The van der Waals surface area contributed by atoms with Gasteiger partial charge in [-0.1, -0.05) is 12.1 Å². The van der Waals surface area contributed by atoms with E-state index in [1.807, 2.05) is 6.07 Å². The van der Waals surface area contributed by atoms with E-state index in [-0.39, 0.29) is 24.2 Å². The fourth-order valence-electron chi connectivity index (χ4n) is 1.35. The van der Waals surface area contributed by atoms with Gasteiger partial charge < -0.3 is 15.6 Å². The van der Waals surface area contributed by atoms with Gasteiger partial charge in [0.1, 0.15) is 5.75 Å². The van der Waals surface area contributed by atoms with Crippen molar-refractivity contribution in [1.82, 2.24) is 0 Å². The Morgan fingerprint density at radius 3 is 2.94 bits per heavy atom. The maximum absolute atomic E-state index is 11.0. The summed E-state index contributed by atoms with van der Waals surface area (Å²) in [6.45, 7) is 0. The number of methoxy groups -OCH3 is 1. The van der Waals surface area contributed by atoms with Crippen LogP contribution in [0.15, 0.2) is 22.7 Å². The highest BCUT2D eigenvalue weighted by atomic mass is 79.9. The number of carbonyl (C=O) groups is 1. The fourth-order valence-corrected chi connectivity index (χ4v) is 1.91. The predicted octanol–water partition coefficient (Wildman–Crippen LogP) is 2.11. The Hall–Kier alpha value is -1.07. The lowest BCUT2D eigenvalue weighted by molar-refractivity contribution is -0.140. The molecule has 0 bridgehead atoms. The maximum Gasteiger partial charge on any atom is 0.305 e. The summed E-state index contributed by atoms with van der Waals surface area (Å²) in [5.41, 5.74) is 6.70. The van der Waals surface area contributed by atoms with Crippen LogP contribution < -0.4 is 5.73 Å². The molecule has 1 unspecified atom stereocenters. The van der Waals surface area contributed by atoms with E-state index in [0.29, 0.717) is 10.9 Å². The first-order valence-corrected chi connectivity index (χ1v) is 5.65. The van der Waals surface area contributed by atoms with Gasteiger partial charge in [0.05, 0.1) is 11.6 Å². The van der Waals surface area contributed by atoms with Crippen molar-refractivity contribution in [3.05, 3.63) is 28.2 Å². The average molecular weight is 288 g/mol. The lowest BCUT2D eigenvalue weighted by Crippen LogP contribution is -2.13. The first kappa shape index (κ1) is 13.0. The van der Waals surface area contributed by atoms with Crippen molar-refractivity contribution in [2.75, 3.05) is 7.11 Å². The van der Waals surface area contributed by atoms with Crippen LogP contribution in [-0.4, -0.2) is 18.2 Å². The number of hydrogen-bond acceptors (Lipinski definition) is 4. The fraction of sp³-hybridized carbons (Fsp3) is 0.364. The van der Waals surface area contributed by atoms with E-state index < -0.39 is 0 Å². The summed E-state index contributed by atoms with van der Waals surface area (Å²) in [5, 5.41) is 9.48. The third-order valence-electron chi connectivity index (χ3n) is 2.29. The van der Waals surface area contributed by atoms with Crippen LogP contribution in [0.1, 0.15) is 24.4 Å². The summed E-state index contributed by atoms with van der Waals surface area (Å²) in [7, 11) is 1.35. The van der Waals surface area contributed by atoms with E-state index in [1.54, 1.807) is 12.1 Å². The van der Waals surface area contributed by atoms with Crippen LogP contribution in [0.5, 0.6) is 5.75 Å². The number of phenols is 1. The van der Waals surface area contributed by atoms with Gasteiger partial charge in [-0.2, -0.15) is 0 Å². The number of benzene rings is 1. The monoisotopic (exact) mass is 287 g/mol. The van der Waals surface area contributed by atoms with E-state index in [2.05, 4.69) is 20.7 Å². The predicted molar refractivity (Wildman–Crippen MR) is 64.0 cm³/mol. The van der Waals surface area contributed by atoms with Crippen LogP contribution in [0.4, 0.5) is 0 Å². The molecule has 5 heteroatoms. The van der Waals surface area contributed by atoms with Gasteiger partial charge in [0.2, 0.25) is 0 Å². The normalized spacial score (nSPS) is 12.2. The third-order valence-corrected chi connectivity index (χ3v) is 3.16. The molecule has 0 spiro atoms. The lowest BCUT2D eigenvalue weighted by Gasteiger charge is -2.13.